The van der Waals surface area contributed by atoms with E-state index in [9.17, 15) is 0 Å². The van der Waals surface area contributed by atoms with Crippen molar-refractivity contribution in [3.63, 3.8) is 0 Å². The molecule has 3 heteroatoms. The van der Waals surface area contributed by atoms with Gasteiger partial charge in [-0.25, -0.2) is 0 Å². The van der Waals surface area contributed by atoms with E-state index >= 15 is 0 Å². The molecule has 0 amide bonds. The molecule has 10 rings (SSSR count). The van der Waals surface area contributed by atoms with Gasteiger partial charge in [-0.05, 0) is 88.3 Å². The first kappa shape index (κ1) is 27.5. The molecule has 2 aromatic heterocycles. The zero-order valence-corrected chi connectivity index (χ0v) is 26.5. The average molecular weight is 628 g/mol. The number of fused-ring (bicyclic) bond motifs is 8. The third-order valence-electron chi connectivity index (χ3n) is 9.66. The first-order chi connectivity index (χ1) is 24.3. The minimum atomic E-state index is 0.861. The molecule has 3 nitrogen and oxygen atoms in total. The van der Waals surface area contributed by atoms with Crippen LogP contribution >= 0.6 is 0 Å². The van der Waals surface area contributed by atoms with Crippen LogP contribution in [0.2, 0.25) is 0 Å². The lowest BCUT2D eigenvalue weighted by molar-refractivity contribution is 0.669. The molecular weight excluding hydrogens is 599 g/mol. The van der Waals surface area contributed by atoms with Crippen molar-refractivity contribution in [2.24, 2.45) is 0 Å². The van der Waals surface area contributed by atoms with Crippen LogP contribution in [-0.2, 0) is 0 Å². The van der Waals surface area contributed by atoms with Crippen molar-refractivity contribution in [3.8, 4) is 22.3 Å². The van der Waals surface area contributed by atoms with E-state index in [2.05, 4.69) is 169 Å². The molecule has 230 valence electrons. The van der Waals surface area contributed by atoms with Crippen LogP contribution in [0.15, 0.2) is 185 Å². The van der Waals surface area contributed by atoms with Gasteiger partial charge in [0.2, 0.25) is 0 Å². The molecule has 0 bridgehead atoms. The van der Waals surface area contributed by atoms with Gasteiger partial charge in [0.25, 0.3) is 0 Å². The predicted octanol–water partition coefficient (Wildman–Crippen LogP) is 13.4. The number of hydrogen-bond donors (Lipinski definition) is 0. The monoisotopic (exact) mass is 627 g/mol. The van der Waals surface area contributed by atoms with Gasteiger partial charge in [-0.2, -0.15) is 0 Å². The molecule has 0 saturated heterocycles. The normalized spacial score (nSPS) is 11.7. The summed E-state index contributed by atoms with van der Waals surface area (Å²) in [5, 5.41) is 6.81. The summed E-state index contributed by atoms with van der Waals surface area (Å²) in [6.45, 7) is 0. The largest absolute Gasteiger partial charge is 0.456 e. The second-order valence-electron chi connectivity index (χ2n) is 12.5. The zero-order chi connectivity index (χ0) is 32.3. The maximum atomic E-state index is 6.72. The smallest absolute Gasteiger partial charge is 0.143 e. The van der Waals surface area contributed by atoms with Gasteiger partial charge in [-0.15, -0.1) is 0 Å². The van der Waals surface area contributed by atoms with E-state index < -0.39 is 0 Å². The van der Waals surface area contributed by atoms with Crippen LogP contribution < -0.4 is 4.90 Å². The second kappa shape index (κ2) is 11.0. The van der Waals surface area contributed by atoms with Gasteiger partial charge in [0.15, 0.2) is 0 Å². The fourth-order valence-electron chi connectivity index (χ4n) is 7.31. The fraction of sp³-hybridized carbons (Fsp3) is 0. The molecule has 0 fully saturated rings. The minimum absolute atomic E-state index is 0.861. The summed E-state index contributed by atoms with van der Waals surface area (Å²) in [6.07, 6.45) is 0. The number of rotatable bonds is 5. The maximum absolute atomic E-state index is 6.72. The predicted molar refractivity (Wildman–Crippen MR) is 204 cm³/mol. The minimum Gasteiger partial charge on any atom is -0.456 e. The highest BCUT2D eigenvalue weighted by atomic mass is 16.3. The average Bonchev–Trinajstić information content (AvgIpc) is 3.73. The summed E-state index contributed by atoms with van der Waals surface area (Å²) in [4.78, 5) is 2.28. The second-order valence-corrected chi connectivity index (χ2v) is 12.5. The summed E-state index contributed by atoms with van der Waals surface area (Å²) in [7, 11) is 0. The standard InChI is InChI=1S/C46H29NO2/c1-3-11-31(12-4-1)41-29-42-39-26-24-35(28-45(39)49-46(42)40-17-8-7-15-36(40)41)47(33-13-5-2-6-14-33)34-22-19-30(20-23-34)32-21-25-38-37-16-9-10-18-43(37)48-44(38)27-32/h1-29H. The molecule has 0 unspecified atom stereocenters. The topological polar surface area (TPSA) is 29.5 Å². The number of nitrogens with zero attached hydrogens (tertiary/aromatic N) is 1. The van der Waals surface area contributed by atoms with Gasteiger partial charge in [0.1, 0.15) is 22.3 Å². The van der Waals surface area contributed by atoms with Crippen molar-refractivity contribution < 1.29 is 8.83 Å². The van der Waals surface area contributed by atoms with Crippen LogP contribution in [0.25, 0.3) is 76.9 Å². The third-order valence-corrected chi connectivity index (χ3v) is 9.66. The number of benzene rings is 8. The SMILES string of the molecule is c1ccc(-c2cc3c4ccc(N(c5ccccc5)c5ccc(-c6ccc7c(c6)oc6ccccc67)cc5)cc4oc3c3ccccc23)cc1. The van der Waals surface area contributed by atoms with Crippen LogP contribution in [0.3, 0.4) is 0 Å². The van der Waals surface area contributed by atoms with Crippen molar-refractivity contribution in [1.82, 2.24) is 0 Å². The van der Waals surface area contributed by atoms with E-state index in [0.717, 1.165) is 77.5 Å². The Morgan fingerprint density at radius 1 is 0.306 bits per heavy atom. The molecule has 8 aromatic carbocycles. The van der Waals surface area contributed by atoms with Crippen molar-refractivity contribution in [1.29, 1.82) is 0 Å². The van der Waals surface area contributed by atoms with Crippen molar-refractivity contribution in [2.45, 2.75) is 0 Å². The Morgan fingerprint density at radius 2 is 0.878 bits per heavy atom. The Bertz CT molecular complexity index is 2810. The van der Waals surface area contributed by atoms with Crippen LogP contribution in [-0.4, -0.2) is 0 Å². The molecular formula is C46H29NO2. The molecule has 0 atom stereocenters. The number of para-hydroxylation sites is 2. The molecule has 0 radical (unpaired) electrons. The number of hydrogen-bond acceptors (Lipinski definition) is 3. The van der Waals surface area contributed by atoms with Gasteiger partial charge >= 0.3 is 0 Å². The highest BCUT2D eigenvalue weighted by Gasteiger charge is 2.18. The Balaban J connectivity index is 1.08. The Kier molecular flexibility index (Phi) is 6.18. The lowest BCUT2D eigenvalue weighted by atomic mass is 9.95. The summed E-state index contributed by atoms with van der Waals surface area (Å²) in [6, 6.07) is 61.9. The highest BCUT2D eigenvalue weighted by molar-refractivity contribution is 6.19. The highest BCUT2D eigenvalue weighted by Crippen LogP contribution is 2.43. The van der Waals surface area contributed by atoms with Crippen LogP contribution in [0.4, 0.5) is 17.1 Å². The van der Waals surface area contributed by atoms with E-state index in [4.69, 9.17) is 8.83 Å². The van der Waals surface area contributed by atoms with Crippen molar-refractivity contribution in [2.75, 3.05) is 4.90 Å². The van der Waals surface area contributed by atoms with E-state index in [1.165, 1.54) is 16.5 Å². The van der Waals surface area contributed by atoms with Crippen molar-refractivity contribution >= 4 is 71.7 Å². The Hall–Kier alpha value is -6.58. The van der Waals surface area contributed by atoms with Crippen LogP contribution in [0.1, 0.15) is 0 Å². The Morgan fingerprint density at radius 3 is 1.69 bits per heavy atom. The van der Waals surface area contributed by atoms with Crippen LogP contribution in [0.5, 0.6) is 0 Å². The number of furan rings is 2. The summed E-state index contributed by atoms with van der Waals surface area (Å²) in [5.74, 6) is 0. The quantitative estimate of drug-likeness (QED) is 0.190. The first-order valence-electron chi connectivity index (χ1n) is 16.6. The third kappa shape index (κ3) is 4.51. The molecule has 0 spiro atoms. The molecule has 0 N–H and O–H groups in total. The molecule has 2 heterocycles. The summed E-state index contributed by atoms with van der Waals surface area (Å²) in [5.41, 5.74) is 11.4. The van der Waals surface area contributed by atoms with Gasteiger partial charge in [-0.1, -0.05) is 109 Å². The lowest BCUT2D eigenvalue weighted by Crippen LogP contribution is -2.09. The van der Waals surface area contributed by atoms with E-state index in [1.807, 2.05) is 12.1 Å². The Labute approximate surface area is 282 Å². The zero-order valence-electron chi connectivity index (χ0n) is 26.5. The summed E-state index contributed by atoms with van der Waals surface area (Å²) >= 11 is 0. The van der Waals surface area contributed by atoms with Crippen molar-refractivity contribution in [3.05, 3.63) is 176 Å². The molecule has 49 heavy (non-hydrogen) atoms. The first-order valence-corrected chi connectivity index (χ1v) is 16.6. The van der Waals surface area contributed by atoms with Gasteiger partial charge < -0.3 is 13.7 Å². The van der Waals surface area contributed by atoms with E-state index in [-0.39, 0.29) is 0 Å². The maximum Gasteiger partial charge on any atom is 0.143 e. The van der Waals surface area contributed by atoms with E-state index in [0.29, 0.717) is 0 Å². The molecule has 10 aromatic rings. The van der Waals surface area contributed by atoms with Gasteiger partial charge in [0, 0.05) is 50.1 Å². The molecule has 0 aliphatic heterocycles. The van der Waals surface area contributed by atoms with E-state index in [1.54, 1.807) is 0 Å². The summed E-state index contributed by atoms with van der Waals surface area (Å²) < 4.78 is 12.9. The molecule has 0 aliphatic carbocycles. The van der Waals surface area contributed by atoms with Crippen LogP contribution in [0, 0.1) is 0 Å². The van der Waals surface area contributed by atoms with Gasteiger partial charge in [0.05, 0.1) is 0 Å². The van der Waals surface area contributed by atoms with Gasteiger partial charge in [-0.3, -0.25) is 0 Å². The lowest BCUT2D eigenvalue weighted by Gasteiger charge is -2.25. The fourth-order valence-corrected chi connectivity index (χ4v) is 7.31. The molecule has 0 saturated carbocycles. The number of anilines is 3. The molecule has 0 aliphatic rings.